The van der Waals surface area contributed by atoms with E-state index in [9.17, 15) is 19.2 Å². The Morgan fingerprint density at radius 1 is 1.08 bits per heavy atom. The van der Waals surface area contributed by atoms with Gasteiger partial charge < -0.3 is 14.8 Å². The van der Waals surface area contributed by atoms with Crippen molar-refractivity contribution in [3.8, 4) is 0 Å². The highest BCUT2D eigenvalue weighted by molar-refractivity contribution is 6.33. The van der Waals surface area contributed by atoms with Crippen LogP contribution in [0.5, 0.6) is 0 Å². The lowest BCUT2D eigenvalue weighted by atomic mass is 10.1. The molecule has 0 atom stereocenters. The van der Waals surface area contributed by atoms with Crippen molar-refractivity contribution in [1.82, 2.24) is 0 Å². The van der Waals surface area contributed by atoms with Crippen LogP contribution in [0.4, 0.5) is 5.69 Å². The van der Waals surface area contributed by atoms with Gasteiger partial charge in [0.1, 0.15) is 6.29 Å². The normalized spacial score (nSPS) is 9.92. The van der Waals surface area contributed by atoms with E-state index >= 15 is 0 Å². The van der Waals surface area contributed by atoms with Crippen LogP contribution in [-0.2, 0) is 14.3 Å². The average Bonchev–Trinajstić information content (AvgIpc) is 2.67. The maximum atomic E-state index is 11.9. The average molecular weight is 376 g/mol. The number of halogens is 1. The Morgan fingerprint density at radius 2 is 1.77 bits per heavy atom. The lowest BCUT2D eigenvalue weighted by Crippen LogP contribution is -2.21. The van der Waals surface area contributed by atoms with E-state index in [-0.39, 0.29) is 16.1 Å². The Labute approximate surface area is 153 Å². The molecule has 0 fully saturated rings. The number of aldehydes is 1. The van der Waals surface area contributed by atoms with E-state index in [1.54, 1.807) is 0 Å². The first-order chi connectivity index (χ1) is 12.4. The molecule has 1 N–H and O–H groups in total. The molecule has 134 valence electrons. The lowest BCUT2D eigenvalue weighted by molar-refractivity contribution is -0.119. The van der Waals surface area contributed by atoms with Gasteiger partial charge in [-0.05, 0) is 30.3 Å². The second-order valence-corrected chi connectivity index (χ2v) is 5.46. The molecule has 0 aliphatic rings. The van der Waals surface area contributed by atoms with Crippen LogP contribution in [0.1, 0.15) is 31.1 Å². The number of esters is 2. The lowest BCUT2D eigenvalue weighted by Gasteiger charge is -2.09. The van der Waals surface area contributed by atoms with Gasteiger partial charge in [-0.15, -0.1) is 0 Å². The number of nitrogens with one attached hydrogen (secondary N) is 1. The standard InChI is InChI=1S/C18H14ClNO6/c1-25-18(24)14-8-13(6-7-15(14)19)20-16(22)10-26-17(23)12-4-2-11(9-21)3-5-12/h2-9H,10H2,1H3,(H,20,22). The summed E-state index contributed by atoms with van der Waals surface area (Å²) in [5.41, 5.74) is 1.02. The van der Waals surface area contributed by atoms with Gasteiger partial charge in [0.05, 0.1) is 23.3 Å². The number of hydrogen-bond donors (Lipinski definition) is 1. The third kappa shape index (κ3) is 4.90. The number of carbonyl (C=O) groups is 4. The summed E-state index contributed by atoms with van der Waals surface area (Å²) in [6.45, 7) is -0.523. The van der Waals surface area contributed by atoms with E-state index in [0.29, 0.717) is 17.5 Å². The first kappa shape index (κ1) is 19.1. The van der Waals surface area contributed by atoms with Crippen molar-refractivity contribution >= 4 is 41.4 Å². The van der Waals surface area contributed by atoms with Crippen molar-refractivity contribution in [2.75, 3.05) is 19.0 Å². The molecular formula is C18H14ClNO6. The fourth-order valence-corrected chi connectivity index (χ4v) is 2.17. The summed E-state index contributed by atoms with van der Waals surface area (Å²) in [5.74, 6) is -1.94. The second-order valence-electron chi connectivity index (χ2n) is 5.05. The molecule has 26 heavy (non-hydrogen) atoms. The van der Waals surface area contributed by atoms with Crippen molar-refractivity contribution in [2.45, 2.75) is 0 Å². The Morgan fingerprint density at radius 3 is 2.38 bits per heavy atom. The van der Waals surface area contributed by atoms with E-state index in [4.69, 9.17) is 16.3 Å². The van der Waals surface area contributed by atoms with Crippen LogP contribution < -0.4 is 5.32 Å². The second kappa shape index (κ2) is 8.77. The van der Waals surface area contributed by atoms with Gasteiger partial charge >= 0.3 is 11.9 Å². The molecule has 2 rings (SSSR count). The number of carbonyl (C=O) groups excluding carboxylic acids is 4. The summed E-state index contributed by atoms with van der Waals surface area (Å²) in [6, 6.07) is 10.1. The van der Waals surface area contributed by atoms with E-state index in [1.807, 2.05) is 0 Å². The number of methoxy groups -OCH3 is 1. The Hall–Kier alpha value is -3.19. The van der Waals surface area contributed by atoms with Crippen molar-refractivity contribution < 1.29 is 28.7 Å². The third-order valence-corrected chi connectivity index (χ3v) is 3.60. The van der Waals surface area contributed by atoms with Gasteiger partial charge in [-0.2, -0.15) is 0 Å². The highest BCUT2D eigenvalue weighted by atomic mass is 35.5. The van der Waals surface area contributed by atoms with Gasteiger partial charge in [-0.1, -0.05) is 23.7 Å². The Kier molecular flexibility index (Phi) is 6.46. The maximum absolute atomic E-state index is 11.9. The molecule has 0 radical (unpaired) electrons. The molecule has 0 heterocycles. The van der Waals surface area contributed by atoms with Crippen LogP contribution in [0, 0.1) is 0 Å². The van der Waals surface area contributed by atoms with Crippen LogP contribution in [0.2, 0.25) is 5.02 Å². The predicted octanol–water partition coefficient (Wildman–Crippen LogP) is 2.73. The molecule has 0 saturated carbocycles. The molecule has 0 bridgehead atoms. The van der Waals surface area contributed by atoms with Crippen LogP contribution in [0.15, 0.2) is 42.5 Å². The fraction of sp³-hybridized carbons (Fsp3) is 0.111. The highest BCUT2D eigenvalue weighted by Gasteiger charge is 2.14. The summed E-state index contributed by atoms with van der Waals surface area (Å²) in [7, 11) is 1.21. The minimum Gasteiger partial charge on any atom is -0.465 e. The molecule has 8 heteroatoms. The molecule has 2 aromatic rings. The van der Waals surface area contributed by atoms with Crippen LogP contribution >= 0.6 is 11.6 Å². The zero-order valence-electron chi connectivity index (χ0n) is 13.7. The van der Waals surface area contributed by atoms with Crippen LogP contribution in [-0.4, -0.2) is 37.8 Å². The zero-order valence-corrected chi connectivity index (χ0v) is 14.4. The molecule has 1 amide bonds. The first-order valence-electron chi connectivity index (χ1n) is 7.34. The molecule has 2 aromatic carbocycles. The van der Waals surface area contributed by atoms with Crippen molar-refractivity contribution in [2.24, 2.45) is 0 Å². The third-order valence-electron chi connectivity index (χ3n) is 3.27. The van der Waals surface area contributed by atoms with Gasteiger partial charge in [0.25, 0.3) is 5.91 Å². The minimum atomic E-state index is -0.705. The number of benzene rings is 2. The molecule has 0 unspecified atom stereocenters. The number of hydrogen-bond acceptors (Lipinski definition) is 6. The first-order valence-corrected chi connectivity index (χ1v) is 7.72. The van der Waals surface area contributed by atoms with Gasteiger partial charge in [-0.3, -0.25) is 9.59 Å². The number of anilines is 1. The summed E-state index contributed by atoms with van der Waals surface area (Å²) >= 11 is 5.89. The Balaban J connectivity index is 1.95. The van der Waals surface area contributed by atoms with E-state index in [1.165, 1.54) is 49.6 Å². The van der Waals surface area contributed by atoms with Crippen LogP contribution in [0.25, 0.3) is 0 Å². The monoisotopic (exact) mass is 375 g/mol. The Bertz CT molecular complexity index is 847. The summed E-state index contributed by atoms with van der Waals surface area (Å²) in [6.07, 6.45) is 0.650. The molecular weight excluding hydrogens is 362 g/mol. The molecule has 0 aliphatic heterocycles. The predicted molar refractivity (Wildman–Crippen MR) is 93.5 cm³/mol. The molecule has 7 nitrogen and oxygen atoms in total. The summed E-state index contributed by atoms with van der Waals surface area (Å²) < 4.78 is 9.50. The number of ether oxygens (including phenoxy) is 2. The van der Waals surface area contributed by atoms with Gasteiger partial charge in [0, 0.05) is 11.3 Å². The number of amides is 1. The van der Waals surface area contributed by atoms with Crippen molar-refractivity contribution in [3.63, 3.8) is 0 Å². The van der Waals surface area contributed by atoms with E-state index in [0.717, 1.165) is 0 Å². The van der Waals surface area contributed by atoms with Crippen LogP contribution in [0.3, 0.4) is 0 Å². The van der Waals surface area contributed by atoms with E-state index < -0.39 is 24.5 Å². The quantitative estimate of drug-likeness (QED) is 0.615. The fourth-order valence-electron chi connectivity index (χ4n) is 1.98. The molecule has 0 aliphatic carbocycles. The SMILES string of the molecule is COC(=O)c1cc(NC(=O)COC(=O)c2ccc(C=O)cc2)ccc1Cl. The largest absolute Gasteiger partial charge is 0.465 e. The highest BCUT2D eigenvalue weighted by Crippen LogP contribution is 2.21. The van der Waals surface area contributed by atoms with Gasteiger partial charge in [0.15, 0.2) is 6.61 Å². The number of rotatable bonds is 6. The molecule has 0 spiro atoms. The molecule has 0 aromatic heterocycles. The van der Waals surface area contributed by atoms with Gasteiger partial charge in [0.2, 0.25) is 0 Å². The smallest absolute Gasteiger partial charge is 0.339 e. The minimum absolute atomic E-state index is 0.0965. The maximum Gasteiger partial charge on any atom is 0.339 e. The van der Waals surface area contributed by atoms with Crippen molar-refractivity contribution in [3.05, 3.63) is 64.2 Å². The summed E-state index contributed by atoms with van der Waals surface area (Å²) in [5, 5.41) is 2.67. The van der Waals surface area contributed by atoms with E-state index in [2.05, 4.69) is 10.1 Å². The topological polar surface area (TPSA) is 98.8 Å². The summed E-state index contributed by atoms with van der Waals surface area (Å²) in [4.78, 5) is 45.9. The van der Waals surface area contributed by atoms with Crippen molar-refractivity contribution in [1.29, 1.82) is 0 Å². The molecule has 0 saturated heterocycles. The zero-order chi connectivity index (χ0) is 19.1. The van der Waals surface area contributed by atoms with Gasteiger partial charge in [-0.25, -0.2) is 9.59 Å².